The average molecular weight is 297 g/mol. The van der Waals surface area contributed by atoms with E-state index in [1.54, 1.807) is 0 Å². The number of hydrogen-bond acceptors (Lipinski definition) is 4. The third-order valence-corrected chi connectivity index (χ3v) is 4.81. The van der Waals surface area contributed by atoms with Gasteiger partial charge in [-0.1, -0.05) is 25.4 Å². The first-order valence-corrected chi connectivity index (χ1v) is 7.69. The van der Waals surface area contributed by atoms with Crippen LogP contribution in [0.4, 0.5) is 5.82 Å². The van der Waals surface area contributed by atoms with Crippen molar-refractivity contribution in [2.45, 2.75) is 51.5 Å². The number of aromatic nitrogens is 2. The Morgan fingerprint density at radius 2 is 1.95 bits per heavy atom. The van der Waals surface area contributed by atoms with Gasteiger partial charge < -0.3 is 10.2 Å². The van der Waals surface area contributed by atoms with Crippen molar-refractivity contribution in [2.24, 2.45) is 0 Å². The van der Waals surface area contributed by atoms with Crippen LogP contribution < -0.4 is 5.32 Å². The normalized spacial score (nSPS) is 17.4. The maximum atomic E-state index is 6.22. The van der Waals surface area contributed by atoms with E-state index in [4.69, 9.17) is 11.6 Å². The molecule has 1 heterocycles. The third kappa shape index (κ3) is 2.91. The fourth-order valence-electron chi connectivity index (χ4n) is 2.55. The molecule has 4 nitrogen and oxygen atoms in total. The van der Waals surface area contributed by atoms with Crippen LogP contribution in [0, 0.1) is 6.92 Å². The summed E-state index contributed by atoms with van der Waals surface area (Å²) in [7, 11) is 4.31. The largest absolute Gasteiger partial charge is 0.368 e. The summed E-state index contributed by atoms with van der Waals surface area (Å²) in [6, 6.07) is 0. The second kappa shape index (κ2) is 5.86. The molecule has 5 heteroatoms. The molecule has 112 valence electrons. The van der Waals surface area contributed by atoms with Crippen LogP contribution in [0.1, 0.15) is 50.4 Å². The molecule has 0 aliphatic heterocycles. The van der Waals surface area contributed by atoms with E-state index in [9.17, 15) is 0 Å². The Morgan fingerprint density at radius 3 is 2.40 bits per heavy atom. The highest BCUT2D eigenvalue weighted by Crippen LogP contribution is 2.36. The number of anilines is 1. The molecular weight excluding hydrogens is 272 g/mol. The highest BCUT2D eigenvalue weighted by atomic mass is 35.5. The zero-order valence-corrected chi connectivity index (χ0v) is 13.9. The molecule has 0 spiro atoms. The molecule has 0 atom stereocenters. The van der Waals surface area contributed by atoms with Gasteiger partial charge in [0.05, 0.1) is 0 Å². The standard InChI is InChI=1S/C15H25ClN4/c1-10(2)13-18-12(16)11(3)14(19-13)17-9-15(20(4)5)7-6-8-15/h10H,6-9H2,1-5H3,(H,17,18,19). The number of hydrogen-bond donors (Lipinski definition) is 1. The maximum absolute atomic E-state index is 6.22. The van der Waals surface area contributed by atoms with Crippen LogP contribution in [-0.4, -0.2) is 41.0 Å². The zero-order valence-electron chi connectivity index (χ0n) is 13.1. The van der Waals surface area contributed by atoms with Crippen molar-refractivity contribution in [3.05, 3.63) is 16.5 Å². The topological polar surface area (TPSA) is 41.1 Å². The van der Waals surface area contributed by atoms with Gasteiger partial charge in [-0.2, -0.15) is 0 Å². The Labute approximate surface area is 126 Å². The molecule has 1 fully saturated rings. The first kappa shape index (κ1) is 15.5. The quantitative estimate of drug-likeness (QED) is 0.845. The van der Waals surface area contributed by atoms with Crippen molar-refractivity contribution >= 4 is 17.4 Å². The van der Waals surface area contributed by atoms with Gasteiger partial charge in [-0.25, -0.2) is 9.97 Å². The Kier molecular flexibility index (Phi) is 4.55. The molecule has 0 saturated heterocycles. The van der Waals surface area contributed by atoms with E-state index < -0.39 is 0 Å². The molecule has 0 unspecified atom stereocenters. The predicted molar refractivity (Wildman–Crippen MR) is 84.6 cm³/mol. The molecule has 0 bridgehead atoms. The first-order valence-electron chi connectivity index (χ1n) is 7.31. The second-order valence-electron chi connectivity index (χ2n) is 6.33. The molecule has 1 aromatic heterocycles. The van der Waals surface area contributed by atoms with Crippen LogP contribution in [0.2, 0.25) is 5.15 Å². The van der Waals surface area contributed by atoms with Gasteiger partial charge in [-0.15, -0.1) is 0 Å². The lowest BCUT2D eigenvalue weighted by Crippen LogP contribution is -2.54. The monoisotopic (exact) mass is 296 g/mol. The molecular formula is C15H25ClN4. The minimum absolute atomic E-state index is 0.266. The fourth-order valence-corrected chi connectivity index (χ4v) is 2.73. The number of halogens is 1. The van der Waals surface area contributed by atoms with Gasteiger partial charge in [0.15, 0.2) is 0 Å². The van der Waals surface area contributed by atoms with Gasteiger partial charge >= 0.3 is 0 Å². The molecule has 2 rings (SSSR count). The van der Waals surface area contributed by atoms with E-state index in [1.807, 2.05) is 6.92 Å². The molecule has 0 amide bonds. The minimum atomic E-state index is 0.266. The van der Waals surface area contributed by atoms with Crippen molar-refractivity contribution in [2.75, 3.05) is 26.0 Å². The van der Waals surface area contributed by atoms with Gasteiger partial charge in [-0.3, -0.25) is 0 Å². The van der Waals surface area contributed by atoms with Gasteiger partial charge in [0, 0.05) is 23.6 Å². The molecule has 1 aromatic rings. The molecule has 1 aliphatic carbocycles. The molecule has 20 heavy (non-hydrogen) atoms. The Balaban J connectivity index is 2.17. The third-order valence-electron chi connectivity index (χ3n) is 4.44. The van der Waals surface area contributed by atoms with Gasteiger partial charge in [0.2, 0.25) is 0 Å². The summed E-state index contributed by atoms with van der Waals surface area (Å²) in [5, 5.41) is 4.05. The van der Waals surface area contributed by atoms with E-state index in [1.165, 1.54) is 19.3 Å². The van der Waals surface area contributed by atoms with Crippen molar-refractivity contribution in [3.63, 3.8) is 0 Å². The molecule has 0 radical (unpaired) electrons. The second-order valence-corrected chi connectivity index (χ2v) is 6.68. The van der Waals surface area contributed by atoms with Gasteiger partial charge in [-0.05, 0) is 40.3 Å². The van der Waals surface area contributed by atoms with Crippen LogP contribution in [0.3, 0.4) is 0 Å². The van der Waals surface area contributed by atoms with Crippen LogP contribution in [-0.2, 0) is 0 Å². The smallest absolute Gasteiger partial charge is 0.137 e. The maximum Gasteiger partial charge on any atom is 0.137 e. The molecule has 1 saturated carbocycles. The summed E-state index contributed by atoms with van der Waals surface area (Å²) in [4.78, 5) is 11.3. The first-order chi connectivity index (χ1) is 9.35. The van der Waals surface area contributed by atoms with E-state index >= 15 is 0 Å². The van der Waals surface area contributed by atoms with Crippen molar-refractivity contribution in [1.82, 2.24) is 14.9 Å². The highest BCUT2D eigenvalue weighted by molar-refractivity contribution is 6.30. The van der Waals surface area contributed by atoms with Crippen molar-refractivity contribution in [1.29, 1.82) is 0 Å². The lowest BCUT2D eigenvalue weighted by Gasteiger charge is -2.47. The number of nitrogens with zero attached hydrogens (tertiary/aromatic N) is 3. The number of nitrogens with one attached hydrogen (secondary N) is 1. The summed E-state index contributed by atoms with van der Waals surface area (Å²) in [5.74, 6) is 1.96. The van der Waals surface area contributed by atoms with E-state index in [2.05, 4.69) is 48.1 Å². The SMILES string of the molecule is Cc1c(Cl)nc(C(C)C)nc1NCC1(N(C)C)CCC1. The van der Waals surface area contributed by atoms with Gasteiger partial charge in [0.1, 0.15) is 16.8 Å². The predicted octanol–water partition coefficient (Wildman–Crippen LogP) is 3.46. The number of likely N-dealkylation sites (N-methyl/N-ethyl adjacent to an activating group) is 1. The summed E-state index contributed by atoms with van der Waals surface area (Å²) in [6.07, 6.45) is 3.78. The van der Waals surface area contributed by atoms with Gasteiger partial charge in [0.25, 0.3) is 0 Å². The summed E-state index contributed by atoms with van der Waals surface area (Å²) < 4.78 is 0. The lowest BCUT2D eigenvalue weighted by atomic mass is 9.75. The van der Waals surface area contributed by atoms with Crippen LogP contribution in [0.15, 0.2) is 0 Å². The van der Waals surface area contributed by atoms with E-state index in [0.717, 1.165) is 23.8 Å². The molecule has 1 aliphatic rings. The van der Waals surface area contributed by atoms with Crippen LogP contribution >= 0.6 is 11.6 Å². The fraction of sp³-hybridized carbons (Fsp3) is 0.733. The highest BCUT2D eigenvalue weighted by Gasteiger charge is 2.38. The van der Waals surface area contributed by atoms with E-state index in [-0.39, 0.29) is 11.5 Å². The van der Waals surface area contributed by atoms with Crippen LogP contribution in [0.5, 0.6) is 0 Å². The van der Waals surface area contributed by atoms with Crippen molar-refractivity contribution < 1.29 is 0 Å². The Bertz CT molecular complexity index is 481. The average Bonchev–Trinajstić information content (AvgIpc) is 2.31. The Hall–Kier alpha value is -0.870. The summed E-state index contributed by atoms with van der Waals surface area (Å²) >= 11 is 6.22. The number of rotatable bonds is 5. The van der Waals surface area contributed by atoms with E-state index in [0.29, 0.717) is 5.15 Å². The molecule has 1 N–H and O–H groups in total. The molecule has 0 aromatic carbocycles. The summed E-state index contributed by atoms with van der Waals surface area (Å²) in [5.41, 5.74) is 1.20. The summed E-state index contributed by atoms with van der Waals surface area (Å²) in [6.45, 7) is 7.04. The van der Waals surface area contributed by atoms with Crippen LogP contribution in [0.25, 0.3) is 0 Å². The minimum Gasteiger partial charge on any atom is -0.368 e. The zero-order chi connectivity index (χ0) is 14.9. The Morgan fingerprint density at radius 1 is 1.30 bits per heavy atom. The lowest BCUT2D eigenvalue weighted by molar-refractivity contribution is 0.0738. The van der Waals surface area contributed by atoms with Crippen molar-refractivity contribution in [3.8, 4) is 0 Å².